The van der Waals surface area contributed by atoms with Crippen molar-refractivity contribution < 1.29 is 17.9 Å². The smallest absolute Gasteiger partial charge is 0.372 e. The van der Waals surface area contributed by atoms with Crippen LogP contribution in [0.5, 0.6) is 0 Å². The van der Waals surface area contributed by atoms with Gasteiger partial charge in [0.2, 0.25) is 0 Å². The van der Waals surface area contributed by atoms with Crippen LogP contribution in [0.1, 0.15) is 6.42 Å². The van der Waals surface area contributed by atoms with Gasteiger partial charge in [0, 0.05) is 52.4 Å². The Morgan fingerprint density at radius 3 is 2.06 bits per heavy atom. The Morgan fingerprint density at radius 2 is 1.56 bits per heavy atom. The van der Waals surface area contributed by atoms with Crippen LogP contribution < -0.4 is 5.73 Å². The molecule has 0 aromatic carbocycles. The molecule has 18 heavy (non-hydrogen) atoms. The van der Waals surface area contributed by atoms with Gasteiger partial charge in [0.15, 0.2) is 0 Å². The molecule has 7 heteroatoms. The van der Waals surface area contributed by atoms with Gasteiger partial charge in [0.1, 0.15) is 6.61 Å². The molecule has 1 rings (SSSR count). The lowest BCUT2D eigenvalue weighted by molar-refractivity contribution is -0.174. The largest absolute Gasteiger partial charge is 0.411 e. The molecule has 0 saturated carbocycles. The average molecular weight is 269 g/mol. The van der Waals surface area contributed by atoms with E-state index in [-0.39, 0.29) is 6.61 Å². The fraction of sp³-hybridized carbons (Fsp3) is 1.00. The molecular weight excluding hydrogens is 247 g/mol. The molecule has 0 atom stereocenters. The van der Waals surface area contributed by atoms with Crippen LogP contribution in [0.3, 0.4) is 0 Å². The van der Waals surface area contributed by atoms with E-state index in [0.717, 1.165) is 39.3 Å². The molecule has 0 unspecified atom stereocenters. The molecule has 0 aliphatic carbocycles. The molecular formula is C11H22F3N3O. The van der Waals surface area contributed by atoms with E-state index in [4.69, 9.17) is 5.73 Å². The van der Waals surface area contributed by atoms with Gasteiger partial charge in [0.05, 0.1) is 0 Å². The van der Waals surface area contributed by atoms with Crippen LogP contribution >= 0.6 is 0 Å². The fourth-order valence-electron chi connectivity index (χ4n) is 2.00. The van der Waals surface area contributed by atoms with Crippen molar-refractivity contribution in [3.8, 4) is 0 Å². The zero-order chi connectivity index (χ0) is 13.4. The third kappa shape index (κ3) is 7.15. The summed E-state index contributed by atoms with van der Waals surface area (Å²) >= 11 is 0. The Hall–Kier alpha value is -0.370. The van der Waals surface area contributed by atoms with E-state index in [2.05, 4.69) is 14.5 Å². The van der Waals surface area contributed by atoms with Gasteiger partial charge in [-0.1, -0.05) is 0 Å². The predicted molar refractivity (Wildman–Crippen MR) is 63.4 cm³/mol. The average Bonchev–Trinajstić information content (AvgIpc) is 2.30. The van der Waals surface area contributed by atoms with Gasteiger partial charge in [-0.05, 0) is 6.42 Å². The van der Waals surface area contributed by atoms with E-state index in [1.165, 1.54) is 0 Å². The Balaban J connectivity index is 1.98. The Morgan fingerprint density at radius 1 is 1.00 bits per heavy atom. The highest BCUT2D eigenvalue weighted by atomic mass is 19.4. The summed E-state index contributed by atoms with van der Waals surface area (Å²) in [6.45, 7) is 5.31. The number of hydrogen-bond donors (Lipinski definition) is 1. The Kier molecular flexibility index (Phi) is 6.91. The summed E-state index contributed by atoms with van der Waals surface area (Å²) < 4.78 is 40.0. The molecule has 1 aliphatic rings. The predicted octanol–water partition coefficient (Wildman–Crippen LogP) is 0.532. The van der Waals surface area contributed by atoms with Gasteiger partial charge in [-0.25, -0.2) is 0 Å². The standard InChI is InChI=1S/C11H22F3N3O/c12-11(13,14)10-18-9-1-3-16-5-7-17(4-2-15)8-6-16/h1-10,15H2. The maximum absolute atomic E-state index is 11.8. The number of hydrogen-bond acceptors (Lipinski definition) is 4. The van der Waals surface area contributed by atoms with Gasteiger partial charge in [0.25, 0.3) is 0 Å². The van der Waals surface area contributed by atoms with Crippen molar-refractivity contribution in [2.75, 3.05) is 59.0 Å². The molecule has 0 bridgehead atoms. The normalized spacial score (nSPS) is 19.3. The van der Waals surface area contributed by atoms with E-state index >= 15 is 0 Å². The van der Waals surface area contributed by atoms with Crippen molar-refractivity contribution in [2.45, 2.75) is 12.6 Å². The van der Waals surface area contributed by atoms with Crippen molar-refractivity contribution >= 4 is 0 Å². The second-order valence-electron chi connectivity index (χ2n) is 4.49. The maximum atomic E-state index is 11.8. The molecule has 4 nitrogen and oxygen atoms in total. The van der Waals surface area contributed by atoms with Crippen LogP contribution in [-0.4, -0.2) is 75.0 Å². The molecule has 0 amide bonds. The van der Waals surface area contributed by atoms with Crippen LogP contribution in [0.4, 0.5) is 13.2 Å². The molecule has 0 aromatic heterocycles. The summed E-state index contributed by atoms with van der Waals surface area (Å²) in [4.78, 5) is 4.56. The lowest BCUT2D eigenvalue weighted by Crippen LogP contribution is -2.47. The lowest BCUT2D eigenvalue weighted by Gasteiger charge is -2.34. The van der Waals surface area contributed by atoms with Crippen molar-refractivity contribution in [1.82, 2.24) is 9.80 Å². The van der Waals surface area contributed by atoms with E-state index in [0.29, 0.717) is 13.0 Å². The minimum atomic E-state index is -4.21. The first-order valence-corrected chi connectivity index (χ1v) is 6.30. The summed E-state index contributed by atoms with van der Waals surface area (Å²) in [7, 11) is 0. The van der Waals surface area contributed by atoms with Gasteiger partial charge in [-0.3, -0.25) is 4.90 Å². The number of rotatable bonds is 7. The van der Waals surface area contributed by atoms with Crippen LogP contribution in [0.25, 0.3) is 0 Å². The number of ether oxygens (including phenoxy) is 1. The Bertz CT molecular complexity index is 218. The minimum absolute atomic E-state index is 0.169. The summed E-state index contributed by atoms with van der Waals surface area (Å²) in [5, 5.41) is 0. The molecule has 1 saturated heterocycles. The van der Waals surface area contributed by atoms with Crippen LogP contribution in [0, 0.1) is 0 Å². The number of alkyl halides is 3. The van der Waals surface area contributed by atoms with Crippen molar-refractivity contribution in [3.05, 3.63) is 0 Å². The van der Waals surface area contributed by atoms with Gasteiger partial charge in [-0.2, -0.15) is 13.2 Å². The zero-order valence-corrected chi connectivity index (χ0v) is 10.6. The molecule has 1 heterocycles. The van der Waals surface area contributed by atoms with Crippen molar-refractivity contribution in [3.63, 3.8) is 0 Å². The van der Waals surface area contributed by atoms with Crippen molar-refractivity contribution in [2.24, 2.45) is 5.73 Å². The second-order valence-corrected chi connectivity index (χ2v) is 4.49. The highest BCUT2D eigenvalue weighted by Gasteiger charge is 2.27. The molecule has 0 aromatic rings. The van der Waals surface area contributed by atoms with E-state index in [1.54, 1.807) is 0 Å². The van der Waals surface area contributed by atoms with Crippen LogP contribution in [0.2, 0.25) is 0 Å². The molecule has 0 radical (unpaired) electrons. The molecule has 108 valence electrons. The zero-order valence-electron chi connectivity index (χ0n) is 10.6. The van der Waals surface area contributed by atoms with E-state index in [1.807, 2.05) is 0 Å². The highest BCUT2D eigenvalue weighted by molar-refractivity contribution is 4.71. The number of nitrogens with two attached hydrogens (primary N) is 1. The molecule has 2 N–H and O–H groups in total. The third-order valence-electron chi connectivity index (χ3n) is 2.94. The summed E-state index contributed by atoms with van der Waals surface area (Å²) in [6.07, 6.45) is -3.57. The SMILES string of the molecule is NCCN1CCN(CCCOCC(F)(F)F)CC1. The van der Waals surface area contributed by atoms with Gasteiger partial charge >= 0.3 is 6.18 Å². The van der Waals surface area contributed by atoms with E-state index in [9.17, 15) is 13.2 Å². The van der Waals surface area contributed by atoms with Crippen LogP contribution in [-0.2, 0) is 4.74 Å². The molecule has 1 fully saturated rings. The number of nitrogens with zero attached hydrogens (tertiary/aromatic N) is 2. The fourth-order valence-corrected chi connectivity index (χ4v) is 2.00. The minimum Gasteiger partial charge on any atom is -0.372 e. The van der Waals surface area contributed by atoms with Crippen molar-refractivity contribution in [1.29, 1.82) is 0 Å². The topological polar surface area (TPSA) is 41.7 Å². The third-order valence-corrected chi connectivity index (χ3v) is 2.94. The highest BCUT2D eigenvalue weighted by Crippen LogP contribution is 2.14. The van der Waals surface area contributed by atoms with Gasteiger partial charge < -0.3 is 15.4 Å². The molecule has 1 aliphatic heterocycles. The lowest BCUT2D eigenvalue weighted by atomic mass is 10.3. The first-order chi connectivity index (χ1) is 8.51. The summed E-state index contributed by atoms with van der Waals surface area (Å²) in [5.74, 6) is 0. The first kappa shape index (κ1) is 15.7. The number of halogens is 3. The monoisotopic (exact) mass is 269 g/mol. The first-order valence-electron chi connectivity index (χ1n) is 6.30. The summed E-state index contributed by atoms with van der Waals surface area (Å²) in [6, 6.07) is 0. The summed E-state index contributed by atoms with van der Waals surface area (Å²) in [5.41, 5.74) is 5.48. The van der Waals surface area contributed by atoms with Crippen LogP contribution in [0.15, 0.2) is 0 Å². The van der Waals surface area contributed by atoms with E-state index < -0.39 is 12.8 Å². The quantitative estimate of drug-likeness (QED) is 0.685. The maximum Gasteiger partial charge on any atom is 0.411 e. The van der Waals surface area contributed by atoms with Gasteiger partial charge in [-0.15, -0.1) is 0 Å². The Labute approximate surface area is 106 Å². The second kappa shape index (κ2) is 7.93. The number of piperazine rings is 1. The molecule has 0 spiro atoms.